The van der Waals surface area contributed by atoms with Gasteiger partial charge in [-0.2, -0.15) is 18.3 Å². The maximum absolute atomic E-state index is 12.7. The molecule has 112 valence electrons. The molecular weight excluding hydrogens is 307 g/mol. The highest BCUT2D eigenvalue weighted by atomic mass is 32.2. The zero-order valence-corrected chi connectivity index (χ0v) is 11.5. The third-order valence-corrected chi connectivity index (χ3v) is 3.38. The number of aryl methyl sites for hydroxylation is 1. The first-order chi connectivity index (χ1) is 9.81. The Morgan fingerprint density at radius 2 is 2.14 bits per heavy atom. The molecule has 0 amide bonds. The van der Waals surface area contributed by atoms with Crippen LogP contribution in [0.15, 0.2) is 39.6 Å². The SMILES string of the molecule is Cn1cc(Sc2nc(C(F)(F)F)ccc2C(N)=NO)cn1. The zero-order chi connectivity index (χ0) is 15.6. The number of pyridine rings is 1. The van der Waals surface area contributed by atoms with Gasteiger partial charge in [-0.25, -0.2) is 4.98 Å². The van der Waals surface area contributed by atoms with E-state index in [2.05, 4.69) is 15.2 Å². The Balaban J connectivity index is 2.48. The van der Waals surface area contributed by atoms with E-state index in [-0.39, 0.29) is 16.4 Å². The highest BCUT2D eigenvalue weighted by Gasteiger charge is 2.33. The standard InChI is InChI=1S/C11H10F3N5OS/c1-19-5-6(4-16-19)21-10-7(9(15)18-20)2-3-8(17-10)11(12,13)14/h2-5,20H,1H3,(H2,15,18). The largest absolute Gasteiger partial charge is 0.433 e. The van der Waals surface area contributed by atoms with E-state index in [4.69, 9.17) is 10.9 Å². The first-order valence-electron chi connectivity index (χ1n) is 5.54. The molecule has 0 saturated heterocycles. The fourth-order valence-electron chi connectivity index (χ4n) is 1.49. The molecule has 0 atom stereocenters. The van der Waals surface area contributed by atoms with Crippen molar-refractivity contribution < 1.29 is 18.4 Å². The number of amidine groups is 1. The quantitative estimate of drug-likeness (QED) is 0.391. The van der Waals surface area contributed by atoms with Gasteiger partial charge in [-0.05, 0) is 12.1 Å². The highest BCUT2D eigenvalue weighted by molar-refractivity contribution is 7.99. The van der Waals surface area contributed by atoms with Crippen LogP contribution < -0.4 is 5.73 Å². The predicted molar refractivity (Wildman–Crippen MR) is 69.1 cm³/mol. The van der Waals surface area contributed by atoms with Gasteiger partial charge in [0.2, 0.25) is 0 Å². The molecule has 0 aliphatic heterocycles. The van der Waals surface area contributed by atoms with Gasteiger partial charge in [-0.3, -0.25) is 4.68 Å². The van der Waals surface area contributed by atoms with Crippen molar-refractivity contribution in [3.63, 3.8) is 0 Å². The van der Waals surface area contributed by atoms with Gasteiger partial charge in [0.15, 0.2) is 5.84 Å². The molecule has 2 aromatic rings. The predicted octanol–water partition coefficient (Wildman–Crippen LogP) is 2.08. The molecule has 0 radical (unpaired) electrons. The molecular formula is C11H10F3N5OS. The van der Waals surface area contributed by atoms with Crippen LogP contribution in [0.1, 0.15) is 11.3 Å². The molecule has 0 unspecified atom stereocenters. The Kier molecular flexibility index (Phi) is 4.07. The van der Waals surface area contributed by atoms with Gasteiger partial charge in [0.25, 0.3) is 0 Å². The fourth-order valence-corrected chi connectivity index (χ4v) is 2.44. The van der Waals surface area contributed by atoms with E-state index >= 15 is 0 Å². The minimum Gasteiger partial charge on any atom is -0.409 e. The summed E-state index contributed by atoms with van der Waals surface area (Å²) in [5.74, 6) is -0.317. The smallest absolute Gasteiger partial charge is 0.409 e. The average Bonchev–Trinajstić information content (AvgIpc) is 2.82. The Labute approximate surface area is 121 Å². The molecule has 0 fully saturated rings. The van der Waals surface area contributed by atoms with Crippen LogP contribution in [0.25, 0.3) is 0 Å². The molecule has 0 bridgehead atoms. The number of alkyl halides is 3. The summed E-state index contributed by atoms with van der Waals surface area (Å²) >= 11 is 0.943. The van der Waals surface area contributed by atoms with Gasteiger partial charge in [-0.1, -0.05) is 16.9 Å². The van der Waals surface area contributed by atoms with E-state index in [9.17, 15) is 13.2 Å². The lowest BCUT2D eigenvalue weighted by Gasteiger charge is -2.10. The van der Waals surface area contributed by atoms with Crippen LogP contribution in [0.3, 0.4) is 0 Å². The van der Waals surface area contributed by atoms with Crippen molar-refractivity contribution in [1.29, 1.82) is 0 Å². The van der Waals surface area contributed by atoms with E-state index < -0.39 is 11.9 Å². The Bertz CT molecular complexity index is 683. The van der Waals surface area contributed by atoms with Gasteiger partial charge in [0.05, 0.1) is 16.7 Å². The number of halogens is 3. The van der Waals surface area contributed by atoms with Crippen LogP contribution in [0, 0.1) is 0 Å². The molecule has 2 rings (SSSR count). The summed E-state index contributed by atoms with van der Waals surface area (Å²) in [4.78, 5) is 4.13. The molecule has 0 spiro atoms. The summed E-state index contributed by atoms with van der Waals surface area (Å²) in [7, 11) is 1.67. The van der Waals surface area contributed by atoms with Crippen LogP contribution in [-0.2, 0) is 13.2 Å². The zero-order valence-electron chi connectivity index (χ0n) is 10.7. The van der Waals surface area contributed by atoms with E-state index in [0.717, 1.165) is 23.9 Å². The highest BCUT2D eigenvalue weighted by Crippen LogP contribution is 2.33. The van der Waals surface area contributed by atoms with E-state index in [0.29, 0.717) is 4.90 Å². The van der Waals surface area contributed by atoms with Crippen molar-refractivity contribution in [1.82, 2.24) is 14.8 Å². The van der Waals surface area contributed by atoms with Crippen LogP contribution in [0.5, 0.6) is 0 Å². The molecule has 2 heterocycles. The van der Waals surface area contributed by atoms with Gasteiger partial charge in [-0.15, -0.1) is 0 Å². The second kappa shape index (κ2) is 5.64. The number of nitrogens with zero attached hydrogens (tertiary/aromatic N) is 4. The minimum atomic E-state index is -4.58. The number of aromatic nitrogens is 3. The average molecular weight is 317 g/mol. The summed E-state index contributed by atoms with van der Waals surface area (Å²) < 4.78 is 39.7. The van der Waals surface area contributed by atoms with Crippen molar-refractivity contribution in [3.05, 3.63) is 35.8 Å². The van der Waals surface area contributed by atoms with E-state index in [1.807, 2.05) is 0 Å². The number of hydrogen-bond acceptors (Lipinski definition) is 5. The molecule has 3 N–H and O–H groups in total. The Morgan fingerprint density at radius 1 is 1.43 bits per heavy atom. The summed E-state index contributed by atoms with van der Waals surface area (Å²) in [6.07, 6.45) is -1.49. The monoisotopic (exact) mass is 317 g/mol. The summed E-state index contributed by atoms with van der Waals surface area (Å²) in [6, 6.07) is 1.89. The van der Waals surface area contributed by atoms with Crippen molar-refractivity contribution in [2.45, 2.75) is 16.1 Å². The molecule has 21 heavy (non-hydrogen) atoms. The maximum Gasteiger partial charge on any atom is 0.433 e. The topological polar surface area (TPSA) is 89.3 Å². The first-order valence-corrected chi connectivity index (χ1v) is 6.35. The van der Waals surface area contributed by atoms with Crippen molar-refractivity contribution in [2.24, 2.45) is 17.9 Å². The number of rotatable bonds is 3. The van der Waals surface area contributed by atoms with Crippen molar-refractivity contribution in [3.8, 4) is 0 Å². The van der Waals surface area contributed by atoms with Crippen LogP contribution in [0.4, 0.5) is 13.2 Å². The second-order valence-corrected chi connectivity index (χ2v) is 5.05. The third kappa shape index (κ3) is 3.45. The fraction of sp³-hybridized carbons (Fsp3) is 0.182. The van der Waals surface area contributed by atoms with E-state index in [1.165, 1.54) is 10.9 Å². The van der Waals surface area contributed by atoms with Crippen molar-refractivity contribution >= 4 is 17.6 Å². The maximum atomic E-state index is 12.7. The van der Waals surface area contributed by atoms with Gasteiger partial charge in [0, 0.05) is 13.2 Å². The lowest BCUT2D eigenvalue weighted by molar-refractivity contribution is -0.141. The summed E-state index contributed by atoms with van der Waals surface area (Å²) in [5, 5.41) is 15.4. The first kappa shape index (κ1) is 15.2. The number of hydrogen-bond donors (Lipinski definition) is 2. The summed E-state index contributed by atoms with van der Waals surface area (Å²) in [6.45, 7) is 0. The lowest BCUT2D eigenvalue weighted by Crippen LogP contribution is -2.17. The van der Waals surface area contributed by atoms with Gasteiger partial charge < -0.3 is 10.9 Å². The summed E-state index contributed by atoms with van der Waals surface area (Å²) in [5.41, 5.74) is 4.52. The molecule has 6 nitrogen and oxygen atoms in total. The third-order valence-electron chi connectivity index (χ3n) is 2.43. The normalized spacial score (nSPS) is 12.7. The molecule has 2 aromatic heterocycles. The van der Waals surface area contributed by atoms with E-state index in [1.54, 1.807) is 13.2 Å². The molecule has 0 aromatic carbocycles. The number of oxime groups is 1. The van der Waals surface area contributed by atoms with Gasteiger partial charge >= 0.3 is 6.18 Å². The Morgan fingerprint density at radius 3 is 2.67 bits per heavy atom. The van der Waals surface area contributed by atoms with Crippen LogP contribution in [0.2, 0.25) is 0 Å². The molecule has 0 aliphatic rings. The second-order valence-electron chi connectivity index (χ2n) is 3.98. The molecule has 0 aliphatic carbocycles. The lowest BCUT2D eigenvalue weighted by atomic mass is 10.2. The van der Waals surface area contributed by atoms with Crippen LogP contribution >= 0.6 is 11.8 Å². The number of nitrogens with two attached hydrogens (primary N) is 1. The van der Waals surface area contributed by atoms with Crippen molar-refractivity contribution in [2.75, 3.05) is 0 Å². The molecule has 10 heteroatoms. The van der Waals surface area contributed by atoms with Gasteiger partial charge in [0.1, 0.15) is 10.7 Å². The molecule has 0 saturated carbocycles. The van der Waals surface area contributed by atoms with Crippen LogP contribution in [-0.4, -0.2) is 25.8 Å². The minimum absolute atomic E-state index is 0.0203. The Hall–Kier alpha value is -2.23.